The van der Waals surface area contributed by atoms with Gasteiger partial charge in [0.1, 0.15) is 0 Å². The van der Waals surface area contributed by atoms with Crippen molar-refractivity contribution in [3.05, 3.63) is 34.3 Å². The lowest BCUT2D eigenvalue weighted by Crippen LogP contribution is -2.56. The quantitative estimate of drug-likeness (QED) is 0.769. The van der Waals surface area contributed by atoms with E-state index in [1.807, 2.05) is 0 Å². The van der Waals surface area contributed by atoms with Crippen molar-refractivity contribution in [3.8, 4) is 0 Å². The summed E-state index contributed by atoms with van der Waals surface area (Å²) < 4.78 is 41.4. The maximum atomic E-state index is 13.6. The number of hydrogen-bond acceptors (Lipinski definition) is 3. The van der Waals surface area contributed by atoms with Gasteiger partial charge in [0, 0.05) is 22.2 Å². The van der Waals surface area contributed by atoms with Crippen LogP contribution in [0.3, 0.4) is 0 Å². The van der Waals surface area contributed by atoms with Gasteiger partial charge in [-0.1, -0.05) is 35.2 Å². The molecule has 0 aromatic heterocycles. The van der Waals surface area contributed by atoms with Crippen molar-refractivity contribution < 1.29 is 23.1 Å². The minimum atomic E-state index is -4.99. The van der Waals surface area contributed by atoms with Crippen LogP contribution in [0.15, 0.2) is 33.8 Å². The number of aliphatic hydroxyl groups is 1. The molecule has 136 valence electrons. The number of amides is 1. The summed E-state index contributed by atoms with van der Waals surface area (Å²) in [4.78, 5) is 12.6. The van der Waals surface area contributed by atoms with Gasteiger partial charge in [0.15, 0.2) is 0 Å². The van der Waals surface area contributed by atoms with E-state index in [1.165, 1.54) is 12.1 Å². The molecule has 0 radical (unpaired) electrons. The molecule has 1 aromatic carbocycles. The first-order valence-corrected chi connectivity index (χ1v) is 8.98. The molecule has 0 unspecified atom stereocenters. The number of halogens is 4. The predicted molar refractivity (Wildman–Crippen MR) is 89.9 cm³/mol. The highest BCUT2D eigenvalue weighted by Crippen LogP contribution is 2.43. The van der Waals surface area contributed by atoms with E-state index in [0.717, 1.165) is 32.1 Å². The summed E-state index contributed by atoms with van der Waals surface area (Å²) in [7, 11) is 0. The third kappa shape index (κ3) is 3.46. The second kappa shape index (κ2) is 6.72. The average molecular weight is 419 g/mol. The minimum Gasteiger partial charge on any atom is -0.362 e. The van der Waals surface area contributed by atoms with Crippen molar-refractivity contribution in [2.24, 2.45) is 11.0 Å². The Balaban J connectivity index is 1.94. The molecule has 1 atom stereocenters. The zero-order valence-corrected chi connectivity index (χ0v) is 15.0. The summed E-state index contributed by atoms with van der Waals surface area (Å²) in [5, 5.41) is 14.5. The summed E-state index contributed by atoms with van der Waals surface area (Å²) in [5.41, 5.74) is -2.98. The van der Waals surface area contributed by atoms with Crippen LogP contribution in [0.25, 0.3) is 0 Å². The van der Waals surface area contributed by atoms with E-state index in [0.29, 0.717) is 4.47 Å². The van der Waals surface area contributed by atoms with E-state index in [1.54, 1.807) is 12.1 Å². The maximum Gasteiger partial charge on any atom is 0.438 e. The van der Waals surface area contributed by atoms with Gasteiger partial charge in [0.2, 0.25) is 0 Å². The van der Waals surface area contributed by atoms with Crippen LogP contribution in [0, 0.1) is 5.92 Å². The lowest BCUT2D eigenvalue weighted by molar-refractivity contribution is -0.297. The molecule has 8 heteroatoms. The summed E-state index contributed by atoms with van der Waals surface area (Å²) in [6.45, 7) is 0. The standard InChI is InChI=1S/C17H18BrF3N2O2/c18-13-8-6-12(7-9-13)15(24)23-16(25,17(19,20)21)10-14(22-23)11-4-2-1-3-5-11/h6-9,11,25H,1-5,10H2/t16-/m1/s1. The highest BCUT2D eigenvalue weighted by molar-refractivity contribution is 9.10. The van der Waals surface area contributed by atoms with Gasteiger partial charge in [-0.15, -0.1) is 0 Å². The number of alkyl halides is 3. The number of benzene rings is 1. The zero-order chi connectivity index (χ0) is 18.2. The molecule has 4 nitrogen and oxygen atoms in total. The van der Waals surface area contributed by atoms with Crippen molar-refractivity contribution >= 4 is 27.5 Å². The SMILES string of the molecule is O=C(c1ccc(Br)cc1)N1N=C(C2CCCCC2)C[C@@]1(O)C(F)(F)F. The number of rotatable bonds is 2. The van der Waals surface area contributed by atoms with Crippen molar-refractivity contribution in [2.45, 2.75) is 50.4 Å². The van der Waals surface area contributed by atoms with Crippen LogP contribution in [0.4, 0.5) is 13.2 Å². The summed E-state index contributed by atoms with van der Waals surface area (Å²) in [5.74, 6) is -1.07. The van der Waals surface area contributed by atoms with E-state index in [4.69, 9.17) is 0 Å². The van der Waals surface area contributed by atoms with Crippen LogP contribution < -0.4 is 0 Å². The molecule has 1 heterocycles. The van der Waals surface area contributed by atoms with Crippen LogP contribution in [-0.2, 0) is 0 Å². The predicted octanol–water partition coefficient (Wildman–Crippen LogP) is 4.48. The number of carbonyl (C=O) groups is 1. The Morgan fingerprint density at radius 2 is 1.80 bits per heavy atom. The molecule has 1 aliphatic heterocycles. The van der Waals surface area contributed by atoms with E-state index in [2.05, 4.69) is 21.0 Å². The van der Waals surface area contributed by atoms with Gasteiger partial charge in [-0.25, -0.2) is 0 Å². The molecular weight excluding hydrogens is 401 g/mol. The third-order valence-corrected chi connectivity index (χ3v) is 5.35. The van der Waals surface area contributed by atoms with Gasteiger partial charge in [-0.3, -0.25) is 4.79 Å². The summed E-state index contributed by atoms with van der Waals surface area (Å²) >= 11 is 3.21. The largest absolute Gasteiger partial charge is 0.438 e. The first kappa shape index (κ1) is 18.4. The van der Waals surface area contributed by atoms with E-state index in [9.17, 15) is 23.1 Å². The Morgan fingerprint density at radius 3 is 2.36 bits per heavy atom. The Bertz CT molecular complexity index is 684. The fourth-order valence-corrected chi connectivity index (χ4v) is 3.65. The molecule has 1 aromatic rings. The van der Waals surface area contributed by atoms with Crippen molar-refractivity contribution in [2.75, 3.05) is 0 Å². The number of hydrazone groups is 1. The van der Waals surface area contributed by atoms with Gasteiger partial charge in [-0.2, -0.15) is 23.3 Å². The van der Waals surface area contributed by atoms with Gasteiger partial charge in [0.05, 0.1) is 0 Å². The van der Waals surface area contributed by atoms with Crippen LogP contribution in [0.2, 0.25) is 0 Å². The van der Waals surface area contributed by atoms with E-state index < -0.39 is 24.2 Å². The molecule has 2 aliphatic rings. The number of carbonyl (C=O) groups excluding carboxylic acids is 1. The lowest BCUT2D eigenvalue weighted by atomic mass is 9.83. The highest BCUT2D eigenvalue weighted by atomic mass is 79.9. The van der Waals surface area contributed by atoms with Crippen LogP contribution in [0.5, 0.6) is 0 Å². The summed E-state index contributed by atoms with van der Waals surface area (Å²) in [6, 6.07) is 5.91. The number of nitrogens with zero attached hydrogens (tertiary/aromatic N) is 2. The van der Waals surface area contributed by atoms with Gasteiger partial charge >= 0.3 is 6.18 Å². The third-order valence-electron chi connectivity index (χ3n) is 4.82. The van der Waals surface area contributed by atoms with Crippen molar-refractivity contribution in [1.29, 1.82) is 0 Å². The van der Waals surface area contributed by atoms with Crippen molar-refractivity contribution in [1.82, 2.24) is 5.01 Å². The Kier molecular flexibility index (Phi) is 4.94. The monoisotopic (exact) mass is 418 g/mol. The first-order chi connectivity index (χ1) is 11.7. The molecular formula is C17H18BrF3N2O2. The minimum absolute atomic E-state index is 0.0412. The van der Waals surface area contributed by atoms with Crippen LogP contribution in [0.1, 0.15) is 48.9 Å². The Morgan fingerprint density at radius 1 is 1.20 bits per heavy atom. The molecule has 25 heavy (non-hydrogen) atoms. The Labute approximate surface area is 151 Å². The molecule has 1 saturated carbocycles. The molecule has 1 aliphatic carbocycles. The number of hydrogen-bond donors (Lipinski definition) is 1. The molecule has 0 saturated heterocycles. The normalized spacial score (nSPS) is 25.2. The van der Waals surface area contributed by atoms with E-state index >= 15 is 0 Å². The Hall–Kier alpha value is -1.41. The van der Waals surface area contributed by atoms with Gasteiger partial charge in [-0.05, 0) is 43.0 Å². The van der Waals surface area contributed by atoms with Gasteiger partial charge < -0.3 is 5.11 Å². The smallest absolute Gasteiger partial charge is 0.362 e. The van der Waals surface area contributed by atoms with Crippen LogP contribution in [-0.4, -0.2) is 33.6 Å². The van der Waals surface area contributed by atoms with E-state index in [-0.39, 0.29) is 22.2 Å². The molecule has 1 fully saturated rings. The molecule has 3 rings (SSSR count). The second-order valence-electron chi connectivity index (χ2n) is 6.54. The van der Waals surface area contributed by atoms with Gasteiger partial charge in [0.25, 0.3) is 11.6 Å². The zero-order valence-electron chi connectivity index (χ0n) is 13.4. The van der Waals surface area contributed by atoms with Crippen LogP contribution >= 0.6 is 15.9 Å². The lowest BCUT2D eigenvalue weighted by Gasteiger charge is -2.32. The molecule has 0 spiro atoms. The maximum absolute atomic E-state index is 13.6. The second-order valence-corrected chi connectivity index (χ2v) is 7.46. The summed E-state index contributed by atoms with van der Waals surface area (Å²) in [6.07, 6.45) is -1.28. The van der Waals surface area contributed by atoms with Crippen molar-refractivity contribution in [3.63, 3.8) is 0 Å². The molecule has 1 N–H and O–H groups in total. The fraction of sp³-hybridized carbons (Fsp3) is 0.529. The molecule has 1 amide bonds. The highest BCUT2D eigenvalue weighted by Gasteiger charge is 2.63. The first-order valence-electron chi connectivity index (χ1n) is 8.19. The molecule has 0 bridgehead atoms. The average Bonchev–Trinajstić information content (AvgIpc) is 2.95. The fourth-order valence-electron chi connectivity index (χ4n) is 3.38. The topological polar surface area (TPSA) is 52.9 Å².